The highest BCUT2D eigenvalue weighted by atomic mass is 16.4. The van der Waals surface area contributed by atoms with E-state index < -0.39 is 0 Å². The SMILES string of the molecule is CCC(CC)(CC)NCCC(C)(C)C(N)=NO. The Hall–Kier alpha value is -0.770. The molecule has 0 radical (unpaired) electrons. The van der Waals surface area contributed by atoms with Crippen LogP contribution in [0.3, 0.4) is 0 Å². The average Bonchev–Trinajstić information content (AvgIpc) is 2.34. The maximum Gasteiger partial charge on any atom is 0.144 e. The number of hydrogen-bond donors (Lipinski definition) is 3. The number of oxime groups is 1. The van der Waals surface area contributed by atoms with E-state index >= 15 is 0 Å². The Morgan fingerprint density at radius 3 is 2.00 bits per heavy atom. The van der Waals surface area contributed by atoms with Gasteiger partial charge in [-0.25, -0.2) is 0 Å². The van der Waals surface area contributed by atoms with E-state index in [1.54, 1.807) is 0 Å². The molecule has 0 saturated heterocycles. The molecule has 0 aromatic carbocycles. The van der Waals surface area contributed by atoms with Crippen molar-refractivity contribution in [2.24, 2.45) is 16.3 Å². The highest BCUT2D eigenvalue weighted by molar-refractivity contribution is 5.85. The molecule has 0 aromatic rings. The topological polar surface area (TPSA) is 70.6 Å². The molecule has 17 heavy (non-hydrogen) atoms. The third-order valence-electron chi connectivity index (χ3n) is 4.08. The lowest BCUT2D eigenvalue weighted by atomic mass is 9.86. The van der Waals surface area contributed by atoms with E-state index in [1.165, 1.54) is 0 Å². The lowest BCUT2D eigenvalue weighted by Gasteiger charge is -2.33. The van der Waals surface area contributed by atoms with Crippen molar-refractivity contribution in [2.45, 2.75) is 65.8 Å². The number of amidine groups is 1. The van der Waals surface area contributed by atoms with Crippen molar-refractivity contribution in [3.63, 3.8) is 0 Å². The number of hydrogen-bond acceptors (Lipinski definition) is 3. The molecule has 0 unspecified atom stereocenters. The van der Waals surface area contributed by atoms with Crippen molar-refractivity contribution in [3.8, 4) is 0 Å². The molecule has 0 saturated carbocycles. The number of nitrogens with two attached hydrogens (primary N) is 1. The van der Waals surface area contributed by atoms with Gasteiger partial charge in [0.1, 0.15) is 5.84 Å². The van der Waals surface area contributed by atoms with Crippen LogP contribution in [0.25, 0.3) is 0 Å². The third-order valence-corrected chi connectivity index (χ3v) is 4.08. The second kappa shape index (κ2) is 6.84. The van der Waals surface area contributed by atoms with Crippen LogP contribution in [0, 0.1) is 5.41 Å². The first-order valence-electron chi connectivity index (χ1n) is 6.60. The van der Waals surface area contributed by atoms with E-state index in [0.717, 1.165) is 32.2 Å². The second-order valence-corrected chi connectivity index (χ2v) is 5.39. The fourth-order valence-corrected chi connectivity index (χ4v) is 2.03. The maximum atomic E-state index is 8.71. The van der Waals surface area contributed by atoms with Crippen LogP contribution < -0.4 is 11.1 Å². The minimum atomic E-state index is -0.261. The number of nitrogens with zero attached hydrogens (tertiary/aromatic N) is 1. The predicted molar refractivity (Wildman–Crippen MR) is 73.4 cm³/mol. The van der Waals surface area contributed by atoms with Gasteiger partial charge in [0.25, 0.3) is 0 Å². The Morgan fingerprint density at radius 1 is 1.18 bits per heavy atom. The fourth-order valence-electron chi connectivity index (χ4n) is 2.03. The lowest BCUT2D eigenvalue weighted by molar-refractivity contribution is 0.271. The Labute approximate surface area is 106 Å². The van der Waals surface area contributed by atoms with Crippen molar-refractivity contribution in [1.82, 2.24) is 5.32 Å². The van der Waals surface area contributed by atoms with Gasteiger partial charge in [-0.05, 0) is 32.2 Å². The first kappa shape index (κ1) is 16.2. The molecule has 4 nitrogen and oxygen atoms in total. The molecule has 0 amide bonds. The van der Waals surface area contributed by atoms with Crippen LogP contribution in [0.2, 0.25) is 0 Å². The molecular weight excluding hydrogens is 214 g/mol. The van der Waals surface area contributed by atoms with Crippen molar-refractivity contribution in [2.75, 3.05) is 6.54 Å². The van der Waals surface area contributed by atoms with E-state index in [4.69, 9.17) is 10.9 Å². The maximum absolute atomic E-state index is 8.71. The zero-order chi connectivity index (χ0) is 13.5. The van der Waals surface area contributed by atoms with Crippen LogP contribution >= 0.6 is 0 Å². The summed E-state index contributed by atoms with van der Waals surface area (Å²) in [5, 5.41) is 15.4. The minimum absolute atomic E-state index is 0.237. The monoisotopic (exact) mass is 243 g/mol. The van der Waals surface area contributed by atoms with Gasteiger partial charge in [0.15, 0.2) is 0 Å². The van der Waals surface area contributed by atoms with Crippen LogP contribution in [0.15, 0.2) is 5.16 Å². The Morgan fingerprint density at radius 2 is 1.65 bits per heavy atom. The average molecular weight is 243 g/mol. The van der Waals surface area contributed by atoms with Crippen LogP contribution in [0.5, 0.6) is 0 Å². The van der Waals surface area contributed by atoms with Crippen LogP contribution in [-0.2, 0) is 0 Å². The molecule has 0 aliphatic carbocycles. The quantitative estimate of drug-likeness (QED) is 0.266. The zero-order valence-electron chi connectivity index (χ0n) is 12.0. The predicted octanol–water partition coefficient (Wildman–Crippen LogP) is 2.71. The van der Waals surface area contributed by atoms with Crippen molar-refractivity contribution in [1.29, 1.82) is 0 Å². The van der Waals surface area contributed by atoms with E-state index in [1.807, 2.05) is 13.8 Å². The summed E-state index contributed by atoms with van der Waals surface area (Å²) in [5.41, 5.74) is 5.65. The minimum Gasteiger partial charge on any atom is -0.409 e. The molecule has 0 atom stereocenters. The van der Waals surface area contributed by atoms with Gasteiger partial charge in [0.2, 0.25) is 0 Å². The molecule has 0 fully saturated rings. The van der Waals surface area contributed by atoms with Gasteiger partial charge in [-0.15, -0.1) is 0 Å². The molecule has 0 aliphatic heterocycles. The standard InChI is InChI=1S/C13H29N3O/c1-6-13(7-2,8-3)15-10-9-12(4,5)11(14)16-17/h15,17H,6-10H2,1-5H3,(H2,14,16). The summed E-state index contributed by atoms with van der Waals surface area (Å²) in [6.45, 7) is 11.5. The molecule has 0 aliphatic rings. The lowest BCUT2D eigenvalue weighted by Crippen LogP contribution is -2.46. The summed E-state index contributed by atoms with van der Waals surface area (Å²) in [6.07, 6.45) is 4.25. The Balaban J connectivity index is 4.31. The molecule has 0 rings (SSSR count). The van der Waals surface area contributed by atoms with Crippen LogP contribution in [-0.4, -0.2) is 23.1 Å². The molecule has 0 aromatic heterocycles. The van der Waals surface area contributed by atoms with E-state index in [-0.39, 0.29) is 11.0 Å². The normalized spacial score (nSPS) is 14.1. The van der Waals surface area contributed by atoms with Gasteiger partial charge in [-0.1, -0.05) is 39.8 Å². The first-order valence-corrected chi connectivity index (χ1v) is 6.60. The fraction of sp³-hybridized carbons (Fsp3) is 0.923. The van der Waals surface area contributed by atoms with Crippen molar-refractivity contribution < 1.29 is 5.21 Å². The first-order chi connectivity index (χ1) is 7.87. The largest absolute Gasteiger partial charge is 0.409 e. The van der Waals surface area contributed by atoms with Crippen molar-refractivity contribution in [3.05, 3.63) is 0 Å². The summed E-state index contributed by atoms with van der Waals surface area (Å²) in [6, 6.07) is 0. The van der Waals surface area contributed by atoms with Crippen molar-refractivity contribution >= 4 is 5.84 Å². The van der Waals surface area contributed by atoms with Crippen LogP contribution in [0.4, 0.5) is 0 Å². The van der Waals surface area contributed by atoms with Gasteiger partial charge >= 0.3 is 0 Å². The molecule has 0 heterocycles. The van der Waals surface area contributed by atoms with E-state index in [0.29, 0.717) is 5.84 Å². The molecule has 0 spiro atoms. The highest BCUT2D eigenvalue weighted by Crippen LogP contribution is 2.23. The van der Waals surface area contributed by atoms with E-state index in [2.05, 4.69) is 31.2 Å². The summed E-state index contributed by atoms with van der Waals surface area (Å²) in [7, 11) is 0. The Bertz CT molecular complexity index is 237. The van der Waals surface area contributed by atoms with Crippen LogP contribution in [0.1, 0.15) is 60.3 Å². The molecule has 102 valence electrons. The van der Waals surface area contributed by atoms with Gasteiger partial charge in [0, 0.05) is 11.0 Å². The zero-order valence-corrected chi connectivity index (χ0v) is 12.0. The summed E-state index contributed by atoms with van der Waals surface area (Å²) in [4.78, 5) is 0. The Kier molecular flexibility index (Phi) is 6.53. The van der Waals surface area contributed by atoms with Gasteiger partial charge in [-0.3, -0.25) is 0 Å². The molecule has 0 bridgehead atoms. The molecular formula is C13H29N3O. The smallest absolute Gasteiger partial charge is 0.144 e. The van der Waals surface area contributed by atoms with Gasteiger partial charge in [-0.2, -0.15) is 0 Å². The number of rotatable bonds is 8. The number of nitrogens with one attached hydrogen (secondary N) is 1. The van der Waals surface area contributed by atoms with E-state index in [9.17, 15) is 0 Å². The third kappa shape index (κ3) is 4.54. The molecule has 4 heteroatoms. The second-order valence-electron chi connectivity index (χ2n) is 5.39. The summed E-state index contributed by atoms with van der Waals surface area (Å²) < 4.78 is 0. The van der Waals surface area contributed by atoms with Gasteiger partial charge in [0.05, 0.1) is 0 Å². The summed E-state index contributed by atoms with van der Waals surface area (Å²) in [5.74, 6) is 0.300. The van der Waals surface area contributed by atoms with Gasteiger partial charge < -0.3 is 16.3 Å². The molecule has 4 N–H and O–H groups in total. The summed E-state index contributed by atoms with van der Waals surface area (Å²) >= 11 is 0. The highest BCUT2D eigenvalue weighted by Gasteiger charge is 2.26.